The molecule has 1 aliphatic rings. The predicted molar refractivity (Wildman–Crippen MR) is 76.5 cm³/mol. The van der Waals surface area contributed by atoms with Gasteiger partial charge in [-0.2, -0.15) is 0 Å². The Labute approximate surface area is 110 Å². The van der Waals surface area contributed by atoms with Crippen LogP contribution in [-0.2, 0) is 0 Å². The number of methoxy groups -OCH3 is 1. The highest BCUT2D eigenvalue weighted by Gasteiger charge is 2.32. The number of hydrogen-bond acceptors (Lipinski definition) is 3. The Bertz CT molecular complexity index is 369. The summed E-state index contributed by atoms with van der Waals surface area (Å²) in [5.41, 5.74) is 1.55. The van der Waals surface area contributed by atoms with Crippen LogP contribution in [0.15, 0.2) is 24.3 Å². The second-order valence-corrected chi connectivity index (χ2v) is 5.22. The van der Waals surface area contributed by atoms with Crippen LogP contribution >= 0.6 is 0 Å². The van der Waals surface area contributed by atoms with Gasteiger partial charge in [0.1, 0.15) is 5.75 Å². The van der Waals surface area contributed by atoms with E-state index in [-0.39, 0.29) is 0 Å². The molecule has 1 N–H and O–H groups in total. The zero-order valence-electron chi connectivity index (χ0n) is 11.7. The van der Waals surface area contributed by atoms with Gasteiger partial charge in [-0.25, -0.2) is 0 Å². The van der Waals surface area contributed by atoms with Crippen molar-refractivity contribution in [2.24, 2.45) is 0 Å². The molecule has 0 spiro atoms. The van der Waals surface area contributed by atoms with E-state index in [2.05, 4.69) is 36.3 Å². The van der Waals surface area contributed by atoms with Crippen LogP contribution in [-0.4, -0.2) is 32.8 Å². The summed E-state index contributed by atoms with van der Waals surface area (Å²) in [7, 11) is 3.87. The van der Waals surface area contributed by atoms with E-state index in [1.807, 2.05) is 12.1 Å². The summed E-state index contributed by atoms with van der Waals surface area (Å²) in [5, 5.41) is 3.68. The number of nitrogens with one attached hydrogen (secondary N) is 1. The highest BCUT2D eigenvalue weighted by Crippen LogP contribution is 2.26. The van der Waals surface area contributed by atoms with Gasteiger partial charge in [-0.05, 0) is 50.1 Å². The van der Waals surface area contributed by atoms with Gasteiger partial charge in [-0.3, -0.25) is 0 Å². The predicted octanol–water partition coefficient (Wildman–Crippen LogP) is 2.66. The maximum absolute atomic E-state index is 5.19. The smallest absolute Gasteiger partial charge is 0.119 e. The van der Waals surface area contributed by atoms with Crippen molar-refractivity contribution in [3.8, 4) is 5.75 Å². The van der Waals surface area contributed by atoms with Crippen molar-refractivity contribution in [3.63, 3.8) is 0 Å². The summed E-state index contributed by atoms with van der Waals surface area (Å²) in [4.78, 5) is 2.33. The Kier molecular flexibility index (Phi) is 4.12. The van der Waals surface area contributed by atoms with E-state index in [0.29, 0.717) is 5.54 Å². The third-order valence-corrected chi connectivity index (χ3v) is 4.06. The average molecular weight is 248 g/mol. The van der Waals surface area contributed by atoms with Crippen LogP contribution in [0.2, 0.25) is 0 Å². The lowest BCUT2D eigenvalue weighted by atomic mass is 9.93. The highest BCUT2D eigenvalue weighted by atomic mass is 16.5. The van der Waals surface area contributed by atoms with Crippen molar-refractivity contribution in [2.75, 3.05) is 32.1 Å². The number of benzene rings is 1. The molecule has 1 atom stereocenters. The van der Waals surface area contributed by atoms with Crippen molar-refractivity contribution in [1.82, 2.24) is 5.32 Å². The second kappa shape index (κ2) is 5.61. The minimum Gasteiger partial charge on any atom is -0.497 e. The maximum atomic E-state index is 5.19. The van der Waals surface area contributed by atoms with Crippen molar-refractivity contribution < 1.29 is 4.74 Å². The first-order valence-electron chi connectivity index (χ1n) is 6.79. The van der Waals surface area contributed by atoms with E-state index in [0.717, 1.165) is 18.8 Å². The Balaban J connectivity index is 2.03. The first-order valence-corrected chi connectivity index (χ1v) is 6.79. The van der Waals surface area contributed by atoms with Crippen LogP contribution in [0.25, 0.3) is 0 Å². The molecule has 1 saturated heterocycles. The molecule has 3 heteroatoms. The lowest BCUT2D eigenvalue weighted by Gasteiger charge is -2.34. The highest BCUT2D eigenvalue weighted by molar-refractivity contribution is 5.48. The van der Waals surface area contributed by atoms with Gasteiger partial charge in [0.25, 0.3) is 0 Å². The molecule has 1 unspecified atom stereocenters. The number of ether oxygens (including phenoxy) is 1. The van der Waals surface area contributed by atoms with Crippen LogP contribution in [0.4, 0.5) is 5.69 Å². The number of likely N-dealkylation sites (N-methyl/N-ethyl adjacent to an activating group) is 1. The summed E-state index contributed by atoms with van der Waals surface area (Å²) in [6, 6.07) is 8.29. The number of rotatable bonds is 5. The molecule has 1 fully saturated rings. The van der Waals surface area contributed by atoms with Crippen LogP contribution in [0.3, 0.4) is 0 Å². The SMILES string of the molecule is CCC1(CN(C)c2ccc(OC)cc2)CCCN1. The molecule has 0 amide bonds. The first kappa shape index (κ1) is 13.2. The van der Waals surface area contributed by atoms with Gasteiger partial charge in [0.2, 0.25) is 0 Å². The van der Waals surface area contributed by atoms with Crippen LogP contribution in [0.5, 0.6) is 5.75 Å². The molecule has 0 aliphatic carbocycles. The second-order valence-electron chi connectivity index (χ2n) is 5.22. The Morgan fingerprint density at radius 1 is 1.33 bits per heavy atom. The van der Waals surface area contributed by atoms with E-state index >= 15 is 0 Å². The zero-order chi connectivity index (χ0) is 13.0. The van der Waals surface area contributed by atoms with E-state index in [9.17, 15) is 0 Å². The molecule has 0 bridgehead atoms. The molecule has 0 saturated carbocycles. The van der Waals surface area contributed by atoms with Crippen molar-refractivity contribution in [1.29, 1.82) is 0 Å². The Hall–Kier alpha value is -1.22. The zero-order valence-corrected chi connectivity index (χ0v) is 11.7. The van der Waals surface area contributed by atoms with Crippen LogP contribution in [0.1, 0.15) is 26.2 Å². The van der Waals surface area contributed by atoms with Crippen molar-refractivity contribution in [3.05, 3.63) is 24.3 Å². The van der Waals surface area contributed by atoms with Gasteiger partial charge in [-0.1, -0.05) is 6.92 Å². The normalized spacial score (nSPS) is 23.1. The van der Waals surface area contributed by atoms with Crippen LogP contribution < -0.4 is 15.0 Å². The molecule has 1 aromatic carbocycles. The summed E-state index contributed by atoms with van der Waals surface area (Å²) in [6.45, 7) is 4.50. The summed E-state index contributed by atoms with van der Waals surface area (Å²) in [5.74, 6) is 0.913. The molecular formula is C15H24N2O. The van der Waals surface area contributed by atoms with Crippen LogP contribution in [0, 0.1) is 0 Å². The standard InChI is InChI=1S/C15H24N2O/c1-4-15(10-5-11-16-15)12-17(2)13-6-8-14(18-3)9-7-13/h6-9,16H,4-5,10-12H2,1-3H3. The van der Waals surface area contributed by atoms with Gasteiger partial charge >= 0.3 is 0 Å². The van der Waals surface area contributed by atoms with Gasteiger partial charge in [-0.15, -0.1) is 0 Å². The molecule has 1 aliphatic heterocycles. The lowest BCUT2D eigenvalue weighted by Crippen LogP contribution is -2.48. The third-order valence-electron chi connectivity index (χ3n) is 4.06. The van der Waals surface area contributed by atoms with Gasteiger partial charge in [0.05, 0.1) is 7.11 Å². The minimum absolute atomic E-state index is 0.300. The van der Waals surface area contributed by atoms with E-state index in [1.165, 1.54) is 24.9 Å². The maximum Gasteiger partial charge on any atom is 0.119 e. The molecule has 0 radical (unpaired) electrons. The molecule has 1 aromatic rings. The summed E-state index contributed by atoms with van der Waals surface area (Å²) >= 11 is 0. The van der Waals surface area contributed by atoms with Gasteiger partial charge in [0.15, 0.2) is 0 Å². The fraction of sp³-hybridized carbons (Fsp3) is 0.600. The fourth-order valence-corrected chi connectivity index (χ4v) is 2.80. The topological polar surface area (TPSA) is 24.5 Å². The molecule has 3 nitrogen and oxygen atoms in total. The Morgan fingerprint density at radius 2 is 2.06 bits per heavy atom. The largest absolute Gasteiger partial charge is 0.497 e. The van der Waals surface area contributed by atoms with Gasteiger partial charge < -0.3 is 15.0 Å². The quantitative estimate of drug-likeness (QED) is 0.867. The van der Waals surface area contributed by atoms with E-state index in [1.54, 1.807) is 7.11 Å². The van der Waals surface area contributed by atoms with Gasteiger partial charge in [0, 0.05) is 24.8 Å². The first-order chi connectivity index (χ1) is 8.69. The summed E-state index contributed by atoms with van der Waals surface area (Å²) < 4.78 is 5.19. The fourth-order valence-electron chi connectivity index (χ4n) is 2.80. The van der Waals surface area contributed by atoms with Crippen molar-refractivity contribution in [2.45, 2.75) is 31.7 Å². The number of nitrogens with zero attached hydrogens (tertiary/aromatic N) is 1. The summed E-state index contributed by atoms with van der Waals surface area (Å²) in [6.07, 6.45) is 3.77. The molecule has 2 rings (SSSR count). The molecule has 0 aromatic heterocycles. The third kappa shape index (κ3) is 2.78. The van der Waals surface area contributed by atoms with E-state index < -0.39 is 0 Å². The minimum atomic E-state index is 0.300. The number of hydrogen-bond donors (Lipinski definition) is 1. The number of anilines is 1. The monoisotopic (exact) mass is 248 g/mol. The van der Waals surface area contributed by atoms with E-state index in [4.69, 9.17) is 4.74 Å². The molecular weight excluding hydrogens is 224 g/mol. The lowest BCUT2D eigenvalue weighted by molar-refractivity contribution is 0.367. The average Bonchev–Trinajstić information content (AvgIpc) is 2.88. The van der Waals surface area contributed by atoms with Crippen molar-refractivity contribution >= 4 is 5.69 Å². The molecule has 18 heavy (non-hydrogen) atoms. The Morgan fingerprint density at radius 3 is 2.56 bits per heavy atom. The molecule has 100 valence electrons. The molecule has 1 heterocycles.